The molecule has 0 aliphatic carbocycles. The lowest BCUT2D eigenvalue weighted by Gasteiger charge is -2.41. The van der Waals surface area contributed by atoms with E-state index in [1.165, 1.54) is 250 Å². The number of allylic oxidation sites excluding steroid dienone is 7. The number of nitrogens with one attached hydrogen (secondary N) is 1. The Hall–Kier alpha value is -2.38. The summed E-state index contributed by atoms with van der Waals surface area (Å²) in [6, 6.07) is -1.03. The van der Waals surface area contributed by atoms with Crippen LogP contribution in [0.2, 0.25) is 0 Å². The molecular weight excluding hydrogens is 1110 g/mol. The summed E-state index contributed by atoms with van der Waals surface area (Å²) in [5, 5.41) is 57.4. The van der Waals surface area contributed by atoms with Crippen LogP contribution in [0, 0.1) is 0 Å². The van der Waals surface area contributed by atoms with E-state index in [1.54, 1.807) is 6.08 Å². The summed E-state index contributed by atoms with van der Waals surface area (Å²) in [6.45, 7) is 5.83. The molecule has 0 aromatic carbocycles. The molecule has 1 amide bonds. The predicted molar refractivity (Wildman–Crippen MR) is 375 cm³/mol. The van der Waals surface area contributed by atoms with E-state index in [4.69, 9.17) is 14.2 Å². The largest absolute Gasteiger partial charge is 0.454 e. The number of hydrogen-bond acceptors (Lipinski definition) is 10. The van der Waals surface area contributed by atoms with Gasteiger partial charge in [-0.15, -0.1) is 0 Å². The van der Waals surface area contributed by atoms with Gasteiger partial charge in [-0.1, -0.05) is 352 Å². The molecule has 1 aliphatic rings. The van der Waals surface area contributed by atoms with E-state index in [-0.39, 0.29) is 19.4 Å². The van der Waals surface area contributed by atoms with Crippen molar-refractivity contribution in [1.29, 1.82) is 0 Å². The molecule has 0 bridgehead atoms. The van der Waals surface area contributed by atoms with Gasteiger partial charge in [0.05, 0.1) is 25.4 Å². The standard InChI is InChI=1S/C78H145NO10/c1-4-7-10-13-16-19-22-25-27-29-31-33-35-36-37-39-41-43-45-48-51-54-57-60-63-66-73(83)89-76-75(85)74(84)72(67-80)88-78(76)87-68-69(70(81)64-61-58-55-52-49-46-24-21-18-15-12-9-6-3)79-77(86)71(82)65-62-59-56-53-50-47-44-42-40-38-34-32-30-28-26-23-20-17-14-11-8-5-2/h17,20,26,28,32,34,61,64,69-72,74-76,78,80-82,84-85H,4-16,18-19,21-25,27,29-31,33,35-60,62-63,65-68H2,1-3H3,(H,79,86)/b20-17-,28-26-,34-32-,64-61+. The first-order valence-corrected chi connectivity index (χ1v) is 38.4. The number of carbonyl (C=O) groups excluding carboxylic acids is 2. The first-order valence-electron chi connectivity index (χ1n) is 38.4. The molecule has 0 spiro atoms. The predicted octanol–water partition coefficient (Wildman–Crippen LogP) is 20.3. The number of amides is 1. The highest BCUT2D eigenvalue weighted by Gasteiger charge is 2.47. The lowest BCUT2D eigenvalue weighted by molar-refractivity contribution is -0.305. The third kappa shape index (κ3) is 52.7. The minimum Gasteiger partial charge on any atom is -0.454 e. The molecule has 1 rings (SSSR count). The number of esters is 1. The average Bonchev–Trinajstić information content (AvgIpc) is 3.11. The van der Waals surface area contributed by atoms with Gasteiger partial charge >= 0.3 is 5.97 Å². The summed E-state index contributed by atoms with van der Waals surface area (Å²) in [5.41, 5.74) is 0. The van der Waals surface area contributed by atoms with Crippen molar-refractivity contribution in [3.63, 3.8) is 0 Å². The van der Waals surface area contributed by atoms with Crippen molar-refractivity contribution in [1.82, 2.24) is 5.32 Å². The zero-order valence-corrected chi connectivity index (χ0v) is 58.3. The highest BCUT2D eigenvalue weighted by Crippen LogP contribution is 2.27. The van der Waals surface area contributed by atoms with Crippen LogP contribution in [0.25, 0.3) is 0 Å². The molecule has 11 nitrogen and oxygen atoms in total. The maximum Gasteiger partial charge on any atom is 0.306 e. The summed E-state index contributed by atoms with van der Waals surface area (Å²) >= 11 is 0. The average molecular weight is 1260 g/mol. The molecule has 0 saturated carbocycles. The second-order valence-electron chi connectivity index (χ2n) is 26.7. The van der Waals surface area contributed by atoms with Crippen molar-refractivity contribution in [2.45, 2.75) is 423 Å². The van der Waals surface area contributed by atoms with Gasteiger partial charge in [0.1, 0.15) is 24.4 Å². The van der Waals surface area contributed by atoms with E-state index in [9.17, 15) is 35.1 Å². The lowest BCUT2D eigenvalue weighted by Crippen LogP contribution is -2.61. The molecule has 89 heavy (non-hydrogen) atoms. The number of aliphatic hydroxyl groups excluding tert-OH is 5. The summed E-state index contributed by atoms with van der Waals surface area (Å²) in [4.78, 5) is 26.8. The van der Waals surface area contributed by atoms with E-state index in [0.29, 0.717) is 12.8 Å². The topological polar surface area (TPSA) is 175 Å². The Morgan fingerprint density at radius 2 is 0.775 bits per heavy atom. The van der Waals surface area contributed by atoms with Crippen molar-refractivity contribution < 1.29 is 49.3 Å². The Balaban J connectivity index is 2.54. The van der Waals surface area contributed by atoms with Crippen LogP contribution in [0.1, 0.15) is 374 Å². The van der Waals surface area contributed by atoms with Crippen molar-refractivity contribution >= 4 is 11.9 Å². The Morgan fingerprint density at radius 1 is 0.438 bits per heavy atom. The minimum absolute atomic E-state index is 0.128. The zero-order valence-electron chi connectivity index (χ0n) is 58.3. The first-order chi connectivity index (χ1) is 43.7. The van der Waals surface area contributed by atoms with E-state index < -0.39 is 67.4 Å². The Kier molecular flexibility index (Phi) is 62.4. The second kappa shape index (κ2) is 65.7. The van der Waals surface area contributed by atoms with Crippen LogP contribution in [-0.2, 0) is 23.8 Å². The maximum atomic E-state index is 13.5. The third-order valence-electron chi connectivity index (χ3n) is 18.2. The molecule has 0 aromatic rings. The van der Waals surface area contributed by atoms with Crippen molar-refractivity contribution in [3.8, 4) is 0 Å². The number of carbonyl (C=O) groups is 2. The molecule has 522 valence electrons. The number of unbranched alkanes of at least 4 members (excludes halogenated alkanes) is 47. The number of hydrogen-bond donors (Lipinski definition) is 6. The summed E-state index contributed by atoms with van der Waals surface area (Å²) in [5.74, 6) is -1.18. The molecule has 11 heteroatoms. The number of rotatable bonds is 67. The molecule has 0 aromatic heterocycles. The summed E-state index contributed by atoms with van der Waals surface area (Å²) in [7, 11) is 0. The van der Waals surface area contributed by atoms with Crippen molar-refractivity contribution in [2.24, 2.45) is 0 Å². The fraction of sp³-hybridized carbons (Fsp3) is 0.872. The van der Waals surface area contributed by atoms with E-state index in [0.717, 1.165) is 77.0 Å². The van der Waals surface area contributed by atoms with Crippen LogP contribution in [-0.4, -0.2) is 99.6 Å². The van der Waals surface area contributed by atoms with Crippen LogP contribution >= 0.6 is 0 Å². The SMILES string of the molecule is CCCCC/C=C\C/C=C\C/C=C\CCCCCCCCCCCC(O)C(=O)NC(COC1OC(CO)C(O)C(O)C1OC(=O)CCCCCCCCCCCCCCCCCCCCCCCCCCC)C(O)/C=C/CCCCCCCCCCCCC. The maximum absolute atomic E-state index is 13.5. The lowest BCUT2D eigenvalue weighted by atomic mass is 9.99. The fourth-order valence-corrected chi connectivity index (χ4v) is 12.2. The van der Waals surface area contributed by atoms with Gasteiger partial charge in [-0.3, -0.25) is 9.59 Å². The second-order valence-corrected chi connectivity index (χ2v) is 26.7. The minimum atomic E-state index is -1.61. The third-order valence-corrected chi connectivity index (χ3v) is 18.2. The van der Waals surface area contributed by atoms with Gasteiger partial charge in [-0.2, -0.15) is 0 Å². The van der Waals surface area contributed by atoms with Crippen LogP contribution in [0.4, 0.5) is 0 Å². The summed E-state index contributed by atoms with van der Waals surface area (Å²) in [6.07, 6.45) is 73.0. The van der Waals surface area contributed by atoms with E-state index in [1.807, 2.05) is 6.08 Å². The van der Waals surface area contributed by atoms with E-state index >= 15 is 0 Å². The molecule has 1 heterocycles. The number of aliphatic hydroxyl groups is 5. The first kappa shape index (κ1) is 84.6. The number of ether oxygens (including phenoxy) is 3. The van der Waals surface area contributed by atoms with Gasteiger partial charge in [-0.25, -0.2) is 0 Å². The van der Waals surface area contributed by atoms with Crippen LogP contribution in [0.15, 0.2) is 48.6 Å². The Labute approximate surface area is 548 Å². The normalized spacial score (nSPS) is 18.3. The van der Waals surface area contributed by atoms with Crippen molar-refractivity contribution in [2.75, 3.05) is 13.2 Å². The van der Waals surface area contributed by atoms with Crippen molar-refractivity contribution in [3.05, 3.63) is 48.6 Å². The molecule has 8 unspecified atom stereocenters. The molecule has 8 atom stereocenters. The molecule has 1 aliphatic heterocycles. The quantitative estimate of drug-likeness (QED) is 0.0195. The van der Waals surface area contributed by atoms with Gasteiger partial charge in [0.2, 0.25) is 5.91 Å². The van der Waals surface area contributed by atoms with Gasteiger partial charge < -0.3 is 45.1 Å². The smallest absolute Gasteiger partial charge is 0.306 e. The van der Waals surface area contributed by atoms with Gasteiger partial charge in [0.15, 0.2) is 12.4 Å². The molecule has 1 saturated heterocycles. The molecule has 0 radical (unpaired) electrons. The van der Waals surface area contributed by atoms with Crippen LogP contribution in [0.5, 0.6) is 0 Å². The summed E-state index contributed by atoms with van der Waals surface area (Å²) < 4.78 is 17.7. The Morgan fingerprint density at radius 3 is 1.18 bits per heavy atom. The molecule has 6 N–H and O–H groups in total. The Bertz CT molecular complexity index is 1640. The van der Waals surface area contributed by atoms with Crippen LogP contribution in [0.3, 0.4) is 0 Å². The monoisotopic (exact) mass is 1260 g/mol. The highest BCUT2D eigenvalue weighted by molar-refractivity contribution is 5.80. The molecular formula is C78H145NO10. The highest BCUT2D eigenvalue weighted by atomic mass is 16.7. The van der Waals surface area contributed by atoms with Gasteiger partial charge in [0.25, 0.3) is 0 Å². The van der Waals surface area contributed by atoms with Gasteiger partial charge in [0, 0.05) is 6.42 Å². The zero-order chi connectivity index (χ0) is 64.6. The molecule has 1 fully saturated rings. The van der Waals surface area contributed by atoms with Gasteiger partial charge in [-0.05, 0) is 64.2 Å². The van der Waals surface area contributed by atoms with E-state index in [2.05, 4.69) is 62.5 Å². The fourth-order valence-electron chi connectivity index (χ4n) is 12.2. The van der Waals surface area contributed by atoms with Crippen LogP contribution < -0.4 is 5.32 Å².